The minimum absolute atomic E-state index is 0.369. The average molecular weight is 303 g/mol. The Balaban J connectivity index is 2.65. The van der Waals surface area contributed by atoms with E-state index < -0.39 is 5.00 Å². The van der Waals surface area contributed by atoms with E-state index in [1.807, 2.05) is 6.07 Å². The van der Waals surface area contributed by atoms with Crippen LogP contribution in [0.25, 0.3) is 0 Å². The third-order valence-electron chi connectivity index (χ3n) is 2.68. The fourth-order valence-electron chi connectivity index (χ4n) is 1.80. The summed E-state index contributed by atoms with van der Waals surface area (Å²) in [5, 5.41) is 12.2. The van der Waals surface area contributed by atoms with Gasteiger partial charge in [-0.3, -0.25) is 0 Å². The maximum absolute atomic E-state index is 11.5. The number of nitrogens with two attached hydrogens (primary N) is 1. The maximum Gasteiger partial charge on any atom is 0.226 e. The second-order valence-corrected chi connectivity index (χ2v) is 5.20. The zero-order valence-corrected chi connectivity index (χ0v) is 11.5. The molecule has 0 aromatic heterocycles. The minimum atomic E-state index is -1.36. The third kappa shape index (κ3) is 2.35. The molecule has 0 amide bonds. The minimum Gasteiger partial charge on any atom is -0.634 e. The highest BCUT2D eigenvalue weighted by Gasteiger charge is 2.37. The molecule has 0 bridgehead atoms. The zero-order chi connectivity index (χ0) is 13.2. The van der Waals surface area contributed by atoms with Crippen molar-refractivity contribution >= 4 is 34.8 Å². The molecule has 5 heteroatoms. The number of hydroxylamine groups is 1. The van der Waals surface area contributed by atoms with Crippen LogP contribution < -0.4 is 5.48 Å². The van der Waals surface area contributed by atoms with Crippen molar-refractivity contribution in [2.75, 3.05) is 0 Å². The lowest BCUT2D eigenvalue weighted by atomic mass is 9.98. The molecule has 2 aromatic carbocycles. The highest BCUT2D eigenvalue weighted by Crippen LogP contribution is 2.38. The molecule has 2 aromatic rings. The van der Waals surface area contributed by atoms with E-state index in [-0.39, 0.29) is 0 Å². The fourth-order valence-corrected chi connectivity index (χ4v) is 2.92. The molecular weight excluding hydrogens is 293 g/mol. The van der Waals surface area contributed by atoms with Gasteiger partial charge < -0.3 is 10.7 Å². The molecule has 2 N–H and O–H groups in total. The molecule has 2 rings (SSSR count). The molecule has 0 aliphatic carbocycles. The first-order valence-corrected chi connectivity index (χ1v) is 6.38. The van der Waals surface area contributed by atoms with Crippen LogP contribution in [0.15, 0.2) is 48.5 Å². The number of hydrogen-bond acceptors (Lipinski definition) is 1. The van der Waals surface area contributed by atoms with Crippen molar-refractivity contribution in [3.8, 4) is 0 Å². The summed E-state index contributed by atoms with van der Waals surface area (Å²) in [5.41, 5.74) is 1.70. The van der Waals surface area contributed by atoms with E-state index in [4.69, 9.17) is 34.8 Å². The van der Waals surface area contributed by atoms with E-state index >= 15 is 0 Å². The highest BCUT2D eigenvalue weighted by atomic mass is 35.5. The molecule has 0 radical (unpaired) electrons. The molecule has 0 fully saturated rings. The normalized spacial score (nSPS) is 14.2. The molecule has 0 aliphatic rings. The van der Waals surface area contributed by atoms with Gasteiger partial charge in [0.15, 0.2) is 0 Å². The smallest absolute Gasteiger partial charge is 0.226 e. The summed E-state index contributed by atoms with van der Waals surface area (Å²) in [6, 6.07) is 14.0. The lowest BCUT2D eigenvalue weighted by Crippen LogP contribution is -2.88. The van der Waals surface area contributed by atoms with Gasteiger partial charge in [0.25, 0.3) is 0 Å². The van der Waals surface area contributed by atoms with Gasteiger partial charge in [0, 0.05) is 5.56 Å². The molecular formula is C13H10Cl3NO. The molecule has 1 unspecified atom stereocenters. The van der Waals surface area contributed by atoms with Crippen molar-refractivity contribution in [3.05, 3.63) is 74.9 Å². The molecule has 0 aliphatic heterocycles. The van der Waals surface area contributed by atoms with Gasteiger partial charge in [-0.05, 0) is 23.7 Å². The largest absolute Gasteiger partial charge is 0.634 e. The van der Waals surface area contributed by atoms with Crippen molar-refractivity contribution in [3.63, 3.8) is 0 Å². The van der Waals surface area contributed by atoms with E-state index in [0.717, 1.165) is 0 Å². The lowest BCUT2D eigenvalue weighted by Gasteiger charge is -2.29. The summed E-state index contributed by atoms with van der Waals surface area (Å²) < 4.78 is 0. The van der Waals surface area contributed by atoms with Crippen molar-refractivity contribution in [2.45, 2.75) is 5.00 Å². The number of hydrogen-bond donors (Lipinski definition) is 1. The van der Waals surface area contributed by atoms with E-state index in [0.29, 0.717) is 26.7 Å². The molecule has 18 heavy (non-hydrogen) atoms. The highest BCUT2D eigenvalue weighted by molar-refractivity contribution is 6.38. The Bertz CT molecular complexity index is 527. The Morgan fingerprint density at radius 1 is 0.889 bits per heavy atom. The predicted molar refractivity (Wildman–Crippen MR) is 74.8 cm³/mol. The molecule has 0 heterocycles. The van der Waals surface area contributed by atoms with E-state index in [1.54, 1.807) is 42.5 Å². The van der Waals surface area contributed by atoms with Gasteiger partial charge in [-0.2, -0.15) is 0 Å². The standard InChI is InChI=1S/C13H10Cl3NO/c14-10-7-4-8-11(15)12(10)13(16,17-18)9-5-2-1-3-6-9/h1-8H,17H2. The predicted octanol–water partition coefficient (Wildman–Crippen LogP) is 3.49. The van der Waals surface area contributed by atoms with Crippen LogP contribution >= 0.6 is 34.8 Å². The number of alkyl halides is 1. The van der Waals surface area contributed by atoms with Crippen LogP contribution in [0.1, 0.15) is 11.1 Å². The van der Waals surface area contributed by atoms with Crippen LogP contribution in [0, 0.1) is 5.21 Å². The van der Waals surface area contributed by atoms with E-state index in [1.165, 1.54) is 0 Å². The van der Waals surface area contributed by atoms with Gasteiger partial charge in [-0.1, -0.05) is 59.6 Å². The fraction of sp³-hybridized carbons (Fsp3) is 0.0769. The third-order valence-corrected chi connectivity index (χ3v) is 3.81. The maximum atomic E-state index is 11.5. The van der Waals surface area contributed by atoms with Crippen LogP contribution in [0.4, 0.5) is 0 Å². The van der Waals surface area contributed by atoms with Crippen LogP contribution in [0.2, 0.25) is 10.0 Å². The second-order valence-electron chi connectivity index (χ2n) is 3.79. The first-order chi connectivity index (χ1) is 8.59. The molecule has 0 saturated carbocycles. The van der Waals surface area contributed by atoms with Crippen molar-refractivity contribution in [1.29, 1.82) is 0 Å². The quantitative estimate of drug-likeness (QED) is 0.526. The molecule has 1 atom stereocenters. The van der Waals surface area contributed by atoms with Crippen molar-refractivity contribution in [2.24, 2.45) is 0 Å². The molecule has 2 nitrogen and oxygen atoms in total. The summed E-state index contributed by atoms with van der Waals surface area (Å²) in [5.74, 6) is 0. The Labute approximate surface area is 120 Å². The first kappa shape index (κ1) is 13.7. The summed E-state index contributed by atoms with van der Waals surface area (Å²) in [7, 11) is 0. The number of benzene rings is 2. The Morgan fingerprint density at radius 2 is 1.44 bits per heavy atom. The van der Waals surface area contributed by atoms with Gasteiger partial charge in [0.1, 0.15) is 0 Å². The first-order valence-electron chi connectivity index (χ1n) is 5.25. The Hall–Kier alpha value is -0.770. The van der Waals surface area contributed by atoms with Crippen molar-refractivity contribution in [1.82, 2.24) is 0 Å². The van der Waals surface area contributed by atoms with Gasteiger partial charge in [-0.15, -0.1) is 0 Å². The van der Waals surface area contributed by atoms with Crippen LogP contribution in [0.3, 0.4) is 0 Å². The molecule has 0 spiro atoms. The number of quaternary nitrogens is 1. The monoisotopic (exact) mass is 301 g/mol. The lowest BCUT2D eigenvalue weighted by molar-refractivity contribution is -0.643. The summed E-state index contributed by atoms with van der Waals surface area (Å²) in [6.07, 6.45) is 0. The van der Waals surface area contributed by atoms with Crippen LogP contribution in [-0.2, 0) is 5.00 Å². The van der Waals surface area contributed by atoms with Crippen LogP contribution in [0.5, 0.6) is 0 Å². The zero-order valence-electron chi connectivity index (χ0n) is 9.24. The summed E-state index contributed by atoms with van der Waals surface area (Å²) in [4.78, 5) is -1.36. The van der Waals surface area contributed by atoms with Crippen LogP contribution in [-0.4, -0.2) is 0 Å². The van der Waals surface area contributed by atoms with Gasteiger partial charge in [-0.25, -0.2) is 0 Å². The van der Waals surface area contributed by atoms with E-state index in [9.17, 15) is 5.21 Å². The van der Waals surface area contributed by atoms with Crippen molar-refractivity contribution < 1.29 is 5.48 Å². The SMILES string of the molecule is [O-][NH2+]C(Cl)(c1ccccc1)c1c(Cl)cccc1Cl. The molecule has 94 valence electrons. The summed E-state index contributed by atoms with van der Waals surface area (Å²) >= 11 is 18.7. The molecule has 0 saturated heterocycles. The average Bonchev–Trinajstić information content (AvgIpc) is 2.39. The Morgan fingerprint density at radius 3 is 1.94 bits per heavy atom. The van der Waals surface area contributed by atoms with Gasteiger partial charge in [0.05, 0.1) is 15.6 Å². The van der Waals surface area contributed by atoms with Gasteiger partial charge in [0.2, 0.25) is 5.00 Å². The van der Waals surface area contributed by atoms with Gasteiger partial charge >= 0.3 is 0 Å². The number of halogens is 3. The second kappa shape index (κ2) is 5.47. The number of rotatable bonds is 3. The Kier molecular flexibility index (Phi) is 4.15. The summed E-state index contributed by atoms with van der Waals surface area (Å²) in [6.45, 7) is 0. The topological polar surface area (TPSA) is 39.7 Å². The van der Waals surface area contributed by atoms with E-state index in [2.05, 4.69) is 0 Å².